The van der Waals surface area contributed by atoms with E-state index >= 15 is 0 Å². The molecule has 1 saturated heterocycles. The van der Waals surface area contributed by atoms with Gasteiger partial charge < -0.3 is 30.3 Å². The van der Waals surface area contributed by atoms with E-state index in [-0.39, 0.29) is 12.2 Å². The fraction of sp³-hybridized carbons (Fsp3) is 0.556. The van der Waals surface area contributed by atoms with Crippen molar-refractivity contribution in [2.24, 2.45) is 5.73 Å². The number of nitrogens with zero attached hydrogens (tertiary/aromatic N) is 2. The number of carbonyl (C=O) groups is 1. The minimum atomic E-state index is -0.755. The van der Waals surface area contributed by atoms with Gasteiger partial charge in [-0.2, -0.15) is 0 Å². The minimum Gasteiger partial charge on any atom is -0.491 e. The lowest BCUT2D eigenvalue weighted by atomic mass is 10.5. The molecule has 1 aromatic heterocycles. The Bertz CT molecular complexity index is 488. The minimum absolute atomic E-state index is 0.0663. The van der Waals surface area contributed by atoms with E-state index in [9.17, 15) is 14.7 Å². The third kappa shape index (κ3) is 2.31. The van der Waals surface area contributed by atoms with Crippen molar-refractivity contribution < 1.29 is 19.5 Å². The van der Waals surface area contributed by atoms with Gasteiger partial charge in [0.2, 0.25) is 0 Å². The summed E-state index contributed by atoms with van der Waals surface area (Å²) in [6.45, 7) is 1.52. The van der Waals surface area contributed by atoms with E-state index in [1.54, 1.807) is 0 Å². The van der Waals surface area contributed by atoms with Gasteiger partial charge in [-0.05, 0) is 0 Å². The molecule has 0 atom stereocenters. The van der Waals surface area contributed by atoms with Gasteiger partial charge in [-0.25, -0.2) is 9.59 Å². The first kappa shape index (κ1) is 12.5. The lowest BCUT2D eigenvalue weighted by molar-refractivity contribution is 0.0206. The van der Waals surface area contributed by atoms with Crippen LogP contribution in [0, 0.1) is 0 Å². The highest BCUT2D eigenvalue weighted by atomic mass is 16.7. The van der Waals surface area contributed by atoms with Crippen LogP contribution in [0.25, 0.3) is 0 Å². The lowest BCUT2D eigenvalue weighted by Crippen LogP contribution is -2.45. The molecule has 1 aromatic rings. The van der Waals surface area contributed by atoms with Crippen LogP contribution in [0.2, 0.25) is 0 Å². The number of H-pyrrole nitrogens is 1. The zero-order valence-corrected chi connectivity index (χ0v) is 9.59. The molecule has 1 aliphatic rings. The Morgan fingerprint density at radius 3 is 2.72 bits per heavy atom. The molecular weight excluding hydrogens is 244 g/mol. The van der Waals surface area contributed by atoms with Crippen molar-refractivity contribution in [3.05, 3.63) is 16.2 Å². The summed E-state index contributed by atoms with van der Waals surface area (Å²) in [6.07, 6.45) is -0.724. The average Bonchev–Trinajstić information content (AvgIpc) is 2.67. The number of aromatic hydroxyl groups is 1. The van der Waals surface area contributed by atoms with Gasteiger partial charge in [0.25, 0.3) is 5.88 Å². The van der Waals surface area contributed by atoms with Crippen LogP contribution in [0.1, 0.15) is 5.69 Å². The van der Waals surface area contributed by atoms with Crippen LogP contribution < -0.4 is 16.3 Å². The zero-order valence-electron chi connectivity index (χ0n) is 9.59. The van der Waals surface area contributed by atoms with Crippen molar-refractivity contribution in [1.29, 1.82) is 0 Å². The standard InChI is InChI=1S/C9H14N4O5/c10-5-6-7(14)13(8(15)11-6)18-9(16)12-1-3-17-4-2-12/h14H,1-5,10H2,(H,11,15). The van der Waals surface area contributed by atoms with Crippen LogP contribution in [0.5, 0.6) is 5.88 Å². The Morgan fingerprint density at radius 1 is 1.50 bits per heavy atom. The summed E-state index contributed by atoms with van der Waals surface area (Å²) in [7, 11) is 0. The highest BCUT2D eigenvalue weighted by Crippen LogP contribution is 2.10. The number of hydrogen-bond acceptors (Lipinski definition) is 6. The van der Waals surface area contributed by atoms with E-state index in [1.807, 2.05) is 0 Å². The summed E-state index contributed by atoms with van der Waals surface area (Å²) in [5.41, 5.74) is 4.65. The molecular formula is C9H14N4O5. The number of amides is 1. The molecule has 18 heavy (non-hydrogen) atoms. The maximum absolute atomic E-state index is 11.7. The Labute approximate surface area is 102 Å². The summed E-state index contributed by atoms with van der Waals surface area (Å²) in [6, 6.07) is 0. The monoisotopic (exact) mass is 258 g/mol. The summed E-state index contributed by atoms with van der Waals surface area (Å²) < 4.78 is 5.57. The number of hydrogen-bond donors (Lipinski definition) is 3. The lowest BCUT2D eigenvalue weighted by Gasteiger charge is -2.25. The zero-order chi connectivity index (χ0) is 13.1. The maximum atomic E-state index is 11.7. The maximum Gasteiger partial charge on any atom is 0.435 e. The van der Waals surface area contributed by atoms with E-state index in [2.05, 4.69) is 4.98 Å². The smallest absolute Gasteiger partial charge is 0.435 e. The molecule has 0 bridgehead atoms. The molecule has 0 aromatic carbocycles. The molecule has 9 nitrogen and oxygen atoms in total. The molecule has 0 saturated carbocycles. The van der Waals surface area contributed by atoms with Crippen molar-refractivity contribution in [2.45, 2.75) is 6.54 Å². The molecule has 0 spiro atoms. The average molecular weight is 258 g/mol. The number of rotatable bonds is 2. The van der Waals surface area contributed by atoms with Crippen LogP contribution in [0.3, 0.4) is 0 Å². The van der Waals surface area contributed by atoms with Crippen LogP contribution >= 0.6 is 0 Å². The summed E-state index contributed by atoms with van der Waals surface area (Å²) in [5.74, 6) is -0.496. The molecule has 1 amide bonds. The summed E-state index contributed by atoms with van der Waals surface area (Å²) >= 11 is 0. The number of aromatic nitrogens is 2. The number of carbonyl (C=O) groups excluding carboxylic acids is 1. The van der Waals surface area contributed by atoms with E-state index in [0.29, 0.717) is 31.0 Å². The van der Waals surface area contributed by atoms with Crippen molar-refractivity contribution in [3.8, 4) is 5.88 Å². The Kier molecular flexibility index (Phi) is 3.53. The quantitative estimate of drug-likeness (QED) is 0.576. The van der Waals surface area contributed by atoms with Crippen molar-refractivity contribution >= 4 is 6.09 Å². The second-order valence-corrected chi connectivity index (χ2v) is 3.69. The molecule has 2 rings (SSSR count). The Morgan fingerprint density at radius 2 is 2.17 bits per heavy atom. The first-order chi connectivity index (χ1) is 8.63. The third-order valence-corrected chi connectivity index (χ3v) is 2.55. The van der Waals surface area contributed by atoms with E-state index in [4.69, 9.17) is 15.3 Å². The number of aromatic amines is 1. The topological polar surface area (TPSA) is 123 Å². The van der Waals surface area contributed by atoms with Gasteiger partial charge in [0.1, 0.15) is 0 Å². The first-order valence-electron chi connectivity index (χ1n) is 5.41. The van der Waals surface area contributed by atoms with Gasteiger partial charge in [0, 0.05) is 19.6 Å². The van der Waals surface area contributed by atoms with E-state index in [1.165, 1.54) is 4.90 Å². The molecule has 4 N–H and O–H groups in total. The predicted octanol–water partition coefficient (Wildman–Crippen LogP) is -1.78. The molecule has 1 fully saturated rings. The molecule has 9 heteroatoms. The van der Waals surface area contributed by atoms with Gasteiger partial charge in [-0.1, -0.05) is 4.73 Å². The fourth-order valence-corrected chi connectivity index (χ4v) is 1.56. The fourth-order valence-electron chi connectivity index (χ4n) is 1.56. The number of nitrogens with two attached hydrogens (primary N) is 1. The van der Waals surface area contributed by atoms with Gasteiger partial charge in [0.05, 0.1) is 18.9 Å². The second kappa shape index (κ2) is 5.10. The largest absolute Gasteiger partial charge is 0.491 e. The van der Waals surface area contributed by atoms with Crippen molar-refractivity contribution in [3.63, 3.8) is 0 Å². The second-order valence-electron chi connectivity index (χ2n) is 3.69. The molecule has 0 radical (unpaired) electrons. The van der Waals surface area contributed by atoms with Crippen LogP contribution in [0.4, 0.5) is 4.79 Å². The first-order valence-corrected chi connectivity index (χ1v) is 5.41. The summed E-state index contributed by atoms with van der Waals surface area (Å²) in [5, 5.41) is 9.59. The Balaban J connectivity index is 2.11. The molecule has 1 aliphatic heterocycles. The van der Waals surface area contributed by atoms with E-state index < -0.39 is 17.7 Å². The van der Waals surface area contributed by atoms with Gasteiger partial charge >= 0.3 is 11.8 Å². The molecule has 0 aliphatic carbocycles. The number of nitrogens with one attached hydrogen (secondary N) is 1. The normalized spacial score (nSPS) is 15.7. The number of ether oxygens (including phenoxy) is 1. The number of morpholine rings is 1. The van der Waals surface area contributed by atoms with Gasteiger partial charge in [0.15, 0.2) is 0 Å². The summed E-state index contributed by atoms with van der Waals surface area (Å²) in [4.78, 5) is 31.6. The van der Waals surface area contributed by atoms with Crippen LogP contribution in [-0.4, -0.2) is 52.1 Å². The van der Waals surface area contributed by atoms with Crippen molar-refractivity contribution in [1.82, 2.24) is 14.6 Å². The highest BCUT2D eigenvalue weighted by Gasteiger charge is 2.22. The molecule has 100 valence electrons. The van der Waals surface area contributed by atoms with Gasteiger partial charge in [-0.15, -0.1) is 0 Å². The van der Waals surface area contributed by atoms with E-state index in [0.717, 1.165) is 0 Å². The predicted molar refractivity (Wildman–Crippen MR) is 59.0 cm³/mol. The highest BCUT2D eigenvalue weighted by molar-refractivity contribution is 5.68. The van der Waals surface area contributed by atoms with Crippen LogP contribution in [-0.2, 0) is 11.3 Å². The van der Waals surface area contributed by atoms with Crippen LogP contribution in [0.15, 0.2) is 4.79 Å². The molecule has 0 unspecified atom stereocenters. The molecule has 2 heterocycles. The third-order valence-electron chi connectivity index (χ3n) is 2.55. The van der Waals surface area contributed by atoms with Crippen molar-refractivity contribution in [2.75, 3.05) is 26.3 Å². The Hall–Kier alpha value is -2.00. The SMILES string of the molecule is NCc1[nH]c(=O)n(OC(=O)N2CCOCC2)c1O. The number of imidazole rings is 1. The van der Waals surface area contributed by atoms with Gasteiger partial charge in [-0.3, -0.25) is 0 Å².